The van der Waals surface area contributed by atoms with E-state index in [1.165, 1.54) is 17.3 Å². The van der Waals surface area contributed by atoms with Gasteiger partial charge in [0.25, 0.3) is 0 Å². The van der Waals surface area contributed by atoms with Crippen molar-refractivity contribution in [3.8, 4) is 5.69 Å². The van der Waals surface area contributed by atoms with Crippen LogP contribution in [0.4, 0.5) is 5.69 Å². The number of aromatic nitrogens is 3. The molecule has 1 heterocycles. The molecule has 4 aromatic rings. The van der Waals surface area contributed by atoms with Gasteiger partial charge in [-0.2, -0.15) is 0 Å². The maximum Gasteiger partial charge on any atom is 0.234 e. The summed E-state index contributed by atoms with van der Waals surface area (Å²) in [5.41, 5.74) is 4.20. The molecule has 3 aromatic carbocycles. The van der Waals surface area contributed by atoms with Crippen LogP contribution < -0.4 is 5.32 Å². The fourth-order valence-corrected chi connectivity index (χ4v) is 4.49. The lowest BCUT2D eigenvalue weighted by Gasteiger charge is -2.12. The van der Waals surface area contributed by atoms with E-state index in [0.29, 0.717) is 5.92 Å². The van der Waals surface area contributed by atoms with Gasteiger partial charge in [0.15, 0.2) is 5.16 Å². The number of carbonyl (C=O) groups excluding carboxylic acids is 1. The largest absolute Gasteiger partial charge is 0.325 e. The molecule has 0 unspecified atom stereocenters. The number of hydrogen-bond acceptors (Lipinski definition) is 4. The van der Waals surface area contributed by atoms with Gasteiger partial charge in [-0.25, -0.2) is 0 Å². The summed E-state index contributed by atoms with van der Waals surface area (Å²) in [6, 6.07) is 28.4. The molecule has 1 aliphatic rings. The number of benzene rings is 3. The van der Waals surface area contributed by atoms with Gasteiger partial charge < -0.3 is 5.32 Å². The molecule has 0 radical (unpaired) electrons. The monoisotopic (exact) mass is 440 g/mol. The van der Waals surface area contributed by atoms with Crippen LogP contribution in [-0.4, -0.2) is 26.4 Å². The number of nitrogens with zero attached hydrogens (tertiary/aromatic N) is 3. The highest BCUT2D eigenvalue weighted by atomic mass is 32.2. The van der Waals surface area contributed by atoms with E-state index in [1.807, 2.05) is 54.6 Å². The summed E-state index contributed by atoms with van der Waals surface area (Å²) in [7, 11) is 0. The highest BCUT2D eigenvalue weighted by molar-refractivity contribution is 7.99. The molecule has 0 saturated heterocycles. The van der Waals surface area contributed by atoms with Crippen molar-refractivity contribution in [2.45, 2.75) is 30.3 Å². The molecule has 6 heteroatoms. The lowest BCUT2D eigenvalue weighted by atomic mass is 10.0. The molecule has 5 nitrogen and oxygen atoms in total. The van der Waals surface area contributed by atoms with Crippen molar-refractivity contribution < 1.29 is 4.79 Å². The molecule has 1 amide bonds. The number of rotatable bonds is 8. The average molecular weight is 441 g/mol. The van der Waals surface area contributed by atoms with Crippen molar-refractivity contribution in [2.75, 3.05) is 11.1 Å². The Hall–Kier alpha value is -3.38. The standard InChI is InChI=1S/C26H24N4OS/c31-24(27-23-14-8-7-11-21(23)17-19-9-3-1-4-10-19)18-32-26-29-28-25(20-15-16-20)30(26)22-12-5-2-6-13-22/h1-14,20H,15-18H2,(H,27,31). The Bertz CT molecular complexity index is 1200. The van der Waals surface area contributed by atoms with Crippen molar-refractivity contribution >= 4 is 23.4 Å². The molecule has 0 spiro atoms. The van der Waals surface area contributed by atoms with Crippen LogP contribution >= 0.6 is 11.8 Å². The zero-order valence-electron chi connectivity index (χ0n) is 17.6. The summed E-state index contributed by atoms with van der Waals surface area (Å²) >= 11 is 1.42. The van der Waals surface area contributed by atoms with Gasteiger partial charge in [0.05, 0.1) is 5.75 Å². The van der Waals surface area contributed by atoms with Crippen molar-refractivity contribution in [2.24, 2.45) is 0 Å². The highest BCUT2D eigenvalue weighted by Crippen LogP contribution is 2.41. The van der Waals surface area contributed by atoms with Gasteiger partial charge in [-0.3, -0.25) is 9.36 Å². The summed E-state index contributed by atoms with van der Waals surface area (Å²) in [6.45, 7) is 0. The zero-order chi connectivity index (χ0) is 21.8. The summed E-state index contributed by atoms with van der Waals surface area (Å²) in [4.78, 5) is 12.8. The van der Waals surface area contributed by atoms with Gasteiger partial charge in [-0.15, -0.1) is 10.2 Å². The van der Waals surface area contributed by atoms with E-state index in [9.17, 15) is 4.79 Å². The Morgan fingerprint density at radius 1 is 0.906 bits per heavy atom. The Balaban J connectivity index is 1.29. The van der Waals surface area contributed by atoms with Crippen molar-refractivity contribution in [1.29, 1.82) is 0 Å². The van der Waals surface area contributed by atoms with Crippen LogP contribution in [-0.2, 0) is 11.2 Å². The predicted molar refractivity (Wildman–Crippen MR) is 128 cm³/mol. The molecule has 0 atom stereocenters. The van der Waals surface area contributed by atoms with Crippen molar-refractivity contribution in [1.82, 2.24) is 14.8 Å². The first-order chi connectivity index (χ1) is 15.8. The van der Waals surface area contributed by atoms with E-state index in [1.54, 1.807) is 0 Å². The fourth-order valence-electron chi connectivity index (χ4n) is 3.73. The average Bonchev–Trinajstić information content (AvgIpc) is 3.59. The number of carbonyl (C=O) groups is 1. The maximum absolute atomic E-state index is 12.8. The first-order valence-electron chi connectivity index (χ1n) is 10.8. The minimum absolute atomic E-state index is 0.0499. The first kappa shape index (κ1) is 20.5. The Kier molecular flexibility index (Phi) is 6.03. The van der Waals surface area contributed by atoms with Gasteiger partial charge in [0.1, 0.15) is 5.82 Å². The van der Waals surface area contributed by atoms with E-state index in [-0.39, 0.29) is 11.7 Å². The molecule has 32 heavy (non-hydrogen) atoms. The van der Waals surface area contributed by atoms with Crippen LogP contribution in [0.5, 0.6) is 0 Å². The van der Waals surface area contributed by atoms with Crippen molar-refractivity contribution in [3.05, 3.63) is 102 Å². The van der Waals surface area contributed by atoms with Gasteiger partial charge in [0.2, 0.25) is 5.91 Å². The van der Waals surface area contributed by atoms with Crippen LogP contribution in [0.15, 0.2) is 90.1 Å². The molecule has 1 fully saturated rings. The molecular weight excluding hydrogens is 416 g/mol. The van der Waals surface area contributed by atoms with E-state index in [4.69, 9.17) is 0 Å². The van der Waals surface area contributed by atoms with E-state index >= 15 is 0 Å². The van der Waals surface area contributed by atoms with Crippen LogP contribution in [0, 0.1) is 0 Å². The van der Waals surface area contributed by atoms with E-state index in [0.717, 1.165) is 47.2 Å². The molecule has 1 N–H and O–H groups in total. The fraction of sp³-hybridized carbons (Fsp3) is 0.192. The third-order valence-corrected chi connectivity index (χ3v) is 6.41. The second kappa shape index (κ2) is 9.40. The maximum atomic E-state index is 12.8. The van der Waals surface area contributed by atoms with Gasteiger partial charge in [0, 0.05) is 17.3 Å². The van der Waals surface area contributed by atoms with Crippen LogP contribution in [0.1, 0.15) is 35.7 Å². The number of thioether (sulfide) groups is 1. The molecule has 1 aromatic heterocycles. The smallest absolute Gasteiger partial charge is 0.234 e. The number of para-hydroxylation sites is 2. The van der Waals surface area contributed by atoms with Crippen LogP contribution in [0.2, 0.25) is 0 Å². The summed E-state index contributed by atoms with van der Waals surface area (Å²) in [5, 5.41) is 12.7. The minimum atomic E-state index is -0.0499. The Morgan fingerprint density at radius 2 is 1.59 bits per heavy atom. The van der Waals surface area contributed by atoms with E-state index in [2.05, 4.69) is 50.4 Å². The molecule has 160 valence electrons. The molecule has 5 rings (SSSR count). The third kappa shape index (κ3) is 4.75. The number of anilines is 1. The lowest BCUT2D eigenvalue weighted by molar-refractivity contribution is -0.113. The summed E-state index contributed by atoms with van der Waals surface area (Å²) in [6.07, 6.45) is 3.07. The number of hydrogen-bond donors (Lipinski definition) is 1. The molecule has 0 aliphatic heterocycles. The minimum Gasteiger partial charge on any atom is -0.325 e. The van der Waals surface area contributed by atoms with Gasteiger partial charge in [-0.1, -0.05) is 78.5 Å². The molecule has 0 bridgehead atoms. The topological polar surface area (TPSA) is 59.8 Å². The first-order valence-corrected chi connectivity index (χ1v) is 11.8. The molecule has 1 saturated carbocycles. The molecular formula is C26H24N4OS. The quantitative estimate of drug-likeness (QED) is 0.369. The lowest BCUT2D eigenvalue weighted by Crippen LogP contribution is -2.16. The number of nitrogens with one attached hydrogen (secondary N) is 1. The zero-order valence-corrected chi connectivity index (χ0v) is 18.5. The Labute approximate surface area is 191 Å². The third-order valence-electron chi connectivity index (χ3n) is 5.48. The normalized spacial score (nSPS) is 13.1. The second-order valence-electron chi connectivity index (χ2n) is 7.94. The second-order valence-corrected chi connectivity index (χ2v) is 8.88. The van der Waals surface area contributed by atoms with E-state index < -0.39 is 0 Å². The van der Waals surface area contributed by atoms with Gasteiger partial charge >= 0.3 is 0 Å². The van der Waals surface area contributed by atoms with Crippen LogP contribution in [0.3, 0.4) is 0 Å². The van der Waals surface area contributed by atoms with Gasteiger partial charge in [-0.05, 0) is 48.6 Å². The summed E-state index contributed by atoms with van der Waals surface area (Å²) in [5.74, 6) is 1.68. The SMILES string of the molecule is O=C(CSc1nnc(C2CC2)n1-c1ccccc1)Nc1ccccc1Cc1ccccc1. The van der Waals surface area contributed by atoms with Crippen LogP contribution in [0.25, 0.3) is 5.69 Å². The number of amides is 1. The predicted octanol–water partition coefficient (Wildman–Crippen LogP) is 5.47. The summed E-state index contributed by atoms with van der Waals surface area (Å²) < 4.78 is 2.10. The highest BCUT2D eigenvalue weighted by Gasteiger charge is 2.31. The molecule has 1 aliphatic carbocycles. The Morgan fingerprint density at radius 3 is 2.34 bits per heavy atom. The van der Waals surface area contributed by atoms with Crippen molar-refractivity contribution in [3.63, 3.8) is 0 Å².